The molecule has 0 bridgehead atoms. The minimum atomic E-state index is -0.0596. The van der Waals surface area contributed by atoms with E-state index in [2.05, 4.69) is 24.1 Å². The van der Waals surface area contributed by atoms with E-state index >= 15 is 0 Å². The summed E-state index contributed by atoms with van der Waals surface area (Å²) in [5.41, 5.74) is 1.35. The fourth-order valence-electron chi connectivity index (χ4n) is 2.14. The van der Waals surface area contributed by atoms with Gasteiger partial charge in [0.2, 0.25) is 0 Å². The lowest BCUT2D eigenvalue weighted by Crippen LogP contribution is -2.40. The van der Waals surface area contributed by atoms with E-state index in [0.29, 0.717) is 11.7 Å². The van der Waals surface area contributed by atoms with Crippen LogP contribution in [0.25, 0.3) is 0 Å². The average Bonchev–Trinajstić information content (AvgIpc) is 2.29. The van der Waals surface area contributed by atoms with Crippen LogP contribution in [0.5, 0.6) is 0 Å². The van der Waals surface area contributed by atoms with Crippen molar-refractivity contribution in [2.75, 3.05) is 11.9 Å². The largest absolute Gasteiger partial charge is 0.381 e. The SMILES string of the molecule is CC1(C)CC(Nc2ccc(C#N)nc2)CCO1. The quantitative estimate of drug-likeness (QED) is 0.848. The third-order valence-electron chi connectivity index (χ3n) is 2.95. The molecule has 0 radical (unpaired) electrons. The molecule has 2 heterocycles. The van der Waals surface area contributed by atoms with E-state index in [1.807, 2.05) is 12.1 Å². The minimum absolute atomic E-state index is 0.0596. The molecule has 0 aliphatic carbocycles. The molecule has 4 nitrogen and oxygen atoms in total. The molecule has 4 heteroatoms. The molecule has 1 aliphatic heterocycles. The summed E-state index contributed by atoms with van der Waals surface area (Å²) in [5.74, 6) is 0. The molecule has 17 heavy (non-hydrogen) atoms. The molecule has 1 fully saturated rings. The van der Waals surface area contributed by atoms with Crippen molar-refractivity contribution in [2.24, 2.45) is 0 Å². The van der Waals surface area contributed by atoms with E-state index in [0.717, 1.165) is 25.1 Å². The zero-order valence-corrected chi connectivity index (χ0v) is 10.2. The molecule has 2 rings (SSSR count). The van der Waals surface area contributed by atoms with E-state index in [4.69, 9.17) is 10.00 Å². The summed E-state index contributed by atoms with van der Waals surface area (Å²) in [6, 6.07) is 6.05. The van der Waals surface area contributed by atoms with Crippen molar-refractivity contribution in [3.8, 4) is 6.07 Å². The molecule has 1 aromatic rings. The van der Waals surface area contributed by atoms with Gasteiger partial charge in [-0.05, 0) is 38.8 Å². The van der Waals surface area contributed by atoms with E-state index in [1.54, 1.807) is 12.3 Å². The van der Waals surface area contributed by atoms with E-state index in [-0.39, 0.29) is 5.60 Å². The van der Waals surface area contributed by atoms with Crippen LogP contribution < -0.4 is 5.32 Å². The lowest BCUT2D eigenvalue weighted by molar-refractivity contribution is -0.0553. The number of hydrogen-bond acceptors (Lipinski definition) is 4. The van der Waals surface area contributed by atoms with E-state index in [1.165, 1.54) is 0 Å². The molecule has 1 aromatic heterocycles. The highest BCUT2D eigenvalue weighted by Gasteiger charge is 2.28. The highest BCUT2D eigenvalue weighted by molar-refractivity contribution is 5.43. The molecule has 1 aliphatic rings. The van der Waals surface area contributed by atoms with Crippen LogP contribution in [0.15, 0.2) is 18.3 Å². The van der Waals surface area contributed by atoms with Gasteiger partial charge >= 0.3 is 0 Å². The first-order valence-electron chi connectivity index (χ1n) is 5.86. The maximum Gasteiger partial charge on any atom is 0.140 e. The van der Waals surface area contributed by atoms with E-state index in [9.17, 15) is 0 Å². The normalized spacial score (nSPS) is 22.8. The lowest BCUT2D eigenvalue weighted by atomic mass is 9.94. The number of rotatable bonds is 2. The third-order valence-corrected chi connectivity index (χ3v) is 2.95. The van der Waals surface area contributed by atoms with Crippen molar-refractivity contribution in [3.63, 3.8) is 0 Å². The Bertz CT molecular complexity index is 419. The van der Waals surface area contributed by atoms with Crippen molar-refractivity contribution < 1.29 is 4.74 Å². The number of nitriles is 1. The van der Waals surface area contributed by atoms with Crippen LogP contribution in [0.2, 0.25) is 0 Å². The van der Waals surface area contributed by atoms with Crippen LogP contribution in [0, 0.1) is 11.3 Å². The fraction of sp³-hybridized carbons (Fsp3) is 0.538. The molecular weight excluding hydrogens is 214 g/mol. The molecule has 0 amide bonds. The zero-order chi connectivity index (χ0) is 12.3. The second-order valence-electron chi connectivity index (χ2n) is 4.99. The van der Waals surface area contributed by atoms with Crippen molar-refractivity contribution in [2.45, 2.75) is 38.3 Å². The molecule has 0 saturated carbocycles. The summed E-state index contributed by atoms with van der Waals surface area (Å²) in [6.07, 6.45) is 3.69. The highest BCUT2D eigenvalue weighted by Crippen LogP contribution is 2.26. The third kappa shape index (κ3) is 3.18. The van der Waals surface area contributed by atoms with Crippen LogP contribution in [-0.4, -0.2) is 23.2 Å². The number of pyridine rings is 1. The van der Waals surface area contributed by atoms with Gasteiger partial charge in [-0.25, -0.2) is 4.98 Å². The molecule has 1 N–H and O–H groups in total. The molecule has 1 atom stereocenters. The van der Waals surface area contributed by atoms with Gasteiger partial charge in [0.1, 0.15) is 11.8 Å². The van der Waals surface area contributed by atoms with E-state index < -0.39 is 0 Å². The lowest BCUT2D eigenvalue weighted by Gasteiger charge is -2.36. The molecule has 0 spiro atoms. The van der Waals surface area contributed by atoms with Crippen molar-refractivity contribution in [1.29, 1.82) is 5.26 Å². The summed E-state index contributed by atoms with van der Waals surface area (Å²) < 4.78 is 5.67. The summed E-state index contributed by atoms with van der Waals surface area (Å²) in [4.78, 5) is 4.04. The smallest absolute Gasteiger partial charge is 0.140 e. The number of anilines is 1. The van der Waals surface area contributed by atoms with Gasteiger partial charge < -0.3 is 10.1 Å². The standard InChI is InChI=1S/C13H17N3O/c1-13(2)7-10(5-6-17-13)16-12-4-3-11(8-14)15-9-12/h3-4,9-10,16H,5-7H2,1-2H3. The number of hydrogen-bond donors (Lipinski definition) is 1. The predicted molar refractivity (Wildman–Crippen MR) is 65.6 cm³/mol. The number of ether oxygens (including phenoxy) is 1. The number of nitrogens with zero attached hydrogens (tertiary/aromatic N) is 2. The zero-order valence-electron chi connectivity index (χ0n) is 10.2. The van der Waals surface area contributed by atoms with Crippen molar-refractivity contribution in [3.05, 3.63) is 24.0 Å². The Labute approximate surface area is 102 Å². The molecule has 1 unspecified atom stereocenters. The second kappa shape index (κ2) is 4.72. The summed E-state index contributed by atoms with van der Waals surface area (Å²) >= 11 is 0. The van der Waals surface area contributed by atoms with Gasteiger partial charge in [-0.3, -0.25) is 0 Å². The Morgan fingerprint density at radius 1 is 1.53 bits per heavy atom. The first-order chi connectivity index (χ1) is 8.09. The van der Waals surface area contributed by atoms with Gasteiger partial charge in [0.25, 0.3) is 0 Å². The monoisotopic (exact) mass is 231 g/mol. The Kier molecular flexibility index (Phi) is 3.30. The summed E-state index contributed by atoms with van der Waals surface area (Å²) in [7, 11) is 0. The van der Waals surface area contributed by atoms with Gasteiger partial charge in [-0.2, -0.15) is 5.26 Å². The van der Waals surface area contributed by atoms with Gasteiger partial charge in [0.05, 0.1) is 17.5 Å². The highest BCUT2D eigenvalue weighted by atomic mass is 16.5. The van der Waals surface area contributed by atoms with Gasteiger partial charge in [-0.15, -0.1) is 0 Å². The van der Waals surface area contributed by atoms with Crippen LogP contribution in [0.3, 0.4) is 0 Å². The minimum Gasteiger partial charge on any atom is -0.381 e. The first-order valence-corrected chi connectivity index (χ1v) is 5.86. The molecule has 1 saturated heterocycles. The van der Waals surface area contributed by atoms with Crippen LogP contribution in [-0.2, 0) is 4.74 Å². The van der Waals surface area contributed by atoms with Gasteiger partial charge in [0, 0.05) is 12.6 Å². The van der Waals surface area contributed by atoms with Gasteiger partial charge in [-0.1, -0.05) is 0 Å². The van der Waals surface area contributed by atoms with Crippen molar-refractivity contribution in [1.82, 2.24) is 4.98 Å². The predicted octanol–water partition coefficient (Wildman–Crippen LogP) is 2.32. The number of nitrogens with one attached hydrogen (secondary N) is 1. The second-order valence-corrected chi connectivity index (χ2v) is 4.99. The van der Waals surface area contributed by atoms with Crippen LogP contribution >= 0.6 is 0 Å². The van der Waals surface area contributed by atoms with Crippen LogP contribution in [0.1, 0.15) is 32.4 Å². The molecular formula is C13H17N3O. The number of aromatic nitrogens is 1. The molecule has 90 valence electrons. The fourth-order valence-corrected chi connectivity index (χ4v) is 2.14. The summed E-state index contributed by atoms with van der Waals surface area (Å²) in [6.45, 7) is 5.00. The average molecular weight is 231 g/mol. The maximum absolute atomic E-state index is 8.67. The van der Waals surface area contributed by atoms with Crippen molar-refractivity contribution >= 4 is 5.69 Å². The summed E-state index contributed by atoms with van der Waals surface area (Å²) in [5, 5.41) is 12.1. The Balaban J connectivity index is 1.98. The van der Waals surface area contributed by atoms with Crippen LogP contribution in [0.4, 0.5) is 5.69 Å². The topological polar surface area (TPSA) is 57.9 Å². The van der Waals surface area contributed by atoms with Gasteiger partial charge in [0.15, 0.2) is 0 Å². The Morgan fingerprint density at radius 3 is 2.94 bits per heavy atom. The Morgan fingerprint density at radius 2 is 2.35 bits per heavy atom. The first kappa shape index (κ1) is 11.9. The Hall–Kier alpha value is -1.60. The maximum atomic E-state index is 8.67. The molecule has 0 aromatic carbocycles.